The van der Waals surface area contributed by atoms with Crippen molar-refractivity contribution < 1.29 is 0 Å². The molecule has 1 aromatic carbocycles. The summed E-state index contributed by atoms with van der Waals surface area (Å²) >= 11 is 0. The van der Waals surface area contributed by atoms with Crippen LogP contribution in [0.5, 0.6) is 0 Å². The Kier molecular flexibility index (Phi) is 3.83. The average molecular weight is 397 g/mol. The van der Waals surface area contributed by atoms with E-state index in [4.69, 9.17) is 0 Å². The Labute approximate surface area is 182 Å². The molecule has 0 aliphatic heterocycles. The van der Waals surface area contributed by atoms with Gasteiger partial charge in [0, 0.05) is 10.8 Å². The Balaban J connectivity index is 1.99. The molecule has 1 aromatic rings. The molecule has 0 nitrogen and oxygen atoms in total. The van der Waals surface area contributed by atoms with Gasteiger partial charge in [0.2, 0.25) is 0 Å². The lowest BCUT2D eigenvalue weighted by Gasteiger charge is -2.59. The summed E-state index contributed by atoms with van der Waals surface area (Å²) in [6.45, 7) is 19.1. The zero-order valence-electron chi connectivity index (χ0n) is 20.0. The summed E-state index contributed by atoms with van der Waals surface area (Å²) in [5.74, 6) is 0. The first-order valence-electron chi connectivity index (χ1n) is 11.6. The summed E-state index contributed by atoms with van der Waals surface area (Å²) in [6, 6.07) is 9.16. The van der Waals surface area contributed by atoms with Crippen LogP contribution in [0.2, 0.25) is 0 Å². The second-order valence-corrected chi connectivity index (χ2v) is 12.2. The summed E-state index contributed by atoms with van der Waals surface area (Å²) in [7, 11) is 0. The minimum absolute atomic E-state index is 0.0232. The second kappa shape index (κ2) is 5.78. The molecule has 0 heteroatoms. The van der Waals surface area contributed by atoms with Crippen molar-refractivity contribution in [3.8, 4) is 0 Å². The van der Waals surface area contributed by atoms with Gasteiger partial charge in [0.25, 0.3) is 0 Å². The smallest absolute Gasteiger partial charge is 0.0274 e. The molecule has 0 unspecified atom stereocenters. The standard InChI is InChI=1S/C30H36/c1-27(2,3)21-15-19-13-14-20-16-22(28(4,5)6)18-26-24-12-10-9-11-23(24)25(17-21)29(19,7)30(20,26)8/h9-12,15-18H,13-14H2,1-8H3/t29-,30-/m0/s1. The van der Waals surface area contributed by atoms with Crippen LogP contribution in [-0.4, -0.2) is 0 Å². The van der Waals surface area contributed by atoms with Gasteiger partial charge in [-0.15, -0.1) is 0 Å². The Morgan fingerprint density at radius 2 is 0.967 bits per heavy atom. The average Bonchev–Trinajstić information content (AvgIpc) is 2.65. The third-order valence-electron chi connectivity index (χ3n) is 8.52. The van der Waals surface area contributed by atoms with Crippen LogP contribution in [0.3, 0.4) is 0 Å². The topological polar surface area (TPSA) is 0 Å². The summed E-state index contributed by atoms with van der Waals surface area (Å²) in [4.78, 5) is 0. The van der Waals surface area contributed by atoms with Gasteiger partial charge in [-0.3, -0.25) is 0 Å². The first-order chi connectivity index (χ1) is 13.9. The second-order valence-electron chi connectivity index (χ2n) is 12.2. The van der Waals surface area contributed by atoms with Gasteiger partial charge in [-0.05, 0) is 56.4 Å². The minimum Gasteiger partial charge on any atom is -0.0616 e. The largest absolute Gasteiger partial charge is 0.0616 e. The molecule has 156 valence electrons. The summed E-state index contributed by atoms with van der Waals surface area (Å²) in [6.07, 6.45) is 12.5. The predicted octanol–water partition coefficient (Wildman–Crippen LogP) is 6.63. The number of hydrogen-bond acceptors (Lipinski definition) is 0. The highest BCUT2D eigenvalue weighted by Crippen LogP contribution is 2.68. The molecule has 0 bridgehead atoms. The van der Waals surface area contributed by atoms with Crippen LogP contribution in [0, 0.1) is 21.7 Å². The van der Waals surface area contributed by atoms with Crippen LogP contribution in [0.25, 0.3) is 11.1 Å². The zero-order valence-corrected chi connectivity index (χ0v) is 20.0. The lowest BCUT2D eigenvalue weighted by atomic mass is 9.43. The van der Waals surface area contributed by atoms with Gasteiger partial charge in [0.15, 0.2) is 0 Å². The highest BCUT2D eigenvalue weighted by Gasteiger charge is 2.58. The highest BCUT2D eigenvalue weighted by atomic mass is 14.6. The quantitative estimate of drug-likeness (QED) is 0.461. The van der Waals surface area contributed by atoms with E-state index in [1.54, 1.807) is 11.1 Å². The molecule has 0 heterocycles. The van der Waals surface area contributed by atoms with Crippen LogP contribution in [0.4, 0.5) is 0 Å². The van der Waals surface area contributed by atoms with Crippen molar-refractivity contribution in [1.29, 1.82) is 0 Å². The van der Waals surface area contributed by atoms with Gasteiger partial charge in [0.1, 0.15) is 0 Å². The molecule has 0 amide bonds. The van der Waals surface area contributed by atoms with Crippen LogP contribution in [-0.2, 0) is 0 Å². The Hall–Kier alpha value is -2.08. The molecule has 0 saturated heterocycles. The lowest BCUT2D eigenvalue weighted by molar-refractivity contribution is 0.254. The van der Waals surface area contributed by atoms with E-state index in [1.807, 2.05) is 0 Å². The maximum Gasteiger partial charge on any atom is 0.0274 e. The minimum atomic E-state index is 0.0232. The fourth-order valence-corrected chi connectivity index (χ4v) is 6.30. The van der Waals surface area contributed by atoms with Crippen LogP contribution in [0.1, 0.15) is 68.2 Å². The van der Waals surface area contributed by atoms with Crippen molar-refractivity contribution in [1.82, 2.24) is 0 Å². The molecule has 5 rings (SSSR count). The van der Waals surface area contributed by atoms with Gasteiger partial charge in [-0.25, -0.2) is 0 Å². The van der Waals surface area contributed by atoms with E-state index in [0.29, 0.717) is 0 Å². The van der Waals surface area contributed by atoms with Crippen molar-refractivity contribution >= 4 is 11.1 Å². The van der Waals surface area contributed by atoms with Gasteiger partial charge in [0.05, 0.1) is 0 Å². The molecule has 1 fully saturated rings. The van der Waals surface area contributed by atoms with Crippen LogP contribution in [0.15, 0.2) is 70.9 Å². The number of hydrogen-bond donors (Lipinski definition) is 0. The third-order valence-corrected chi connectivity index (χ3v) is 8.52. The maximum atomic E-state index is 2.56. The molecule has 0 N–H and O–H groups in total. The van der Waals surface area contributed by atoms with E-state index in [-0.39, 0.29) is 21.7 Å². The van der Waals surface area contributed by atoms with Crippen molar-refractivity contribution in [2.75, 3.05) is 0 Å². The van der Waals surface area contributed by atoms with E-state index >= 15 is 0 Å². The number of allylic oxidation sites excluding steroid dienone is 8. The molecule has 1 saturated carbocycles. The van der Waals surface area contributed by atoms with Crippen LogP contribution >= 0.6 is 0 Å². The van der Waals surface area contributed by atoms with Crippen molar-refractivity contribution in [3.05, 3.63) is 81.3 Å². The Morgan fingerprint density at radius 3 is 1.30 bits per heavy atom. The molecule has 0 radical (unpaired) electrons. The molecule has 30 heavy (non-hydrogen) atoms. The fourth-order valence-electron chi connectivity index (χ4n) is 6.30. The molecule has 2 atom stereocenters. The van der Waals surface area contributed by atoms with Crippen molar-refractivity contribution in [2.24, 2.45) is 21.7 Å². The van der Waals surface area contributed by atoms with Crippen molar-refractivity contribution in [3.63, 3.8) is 0 Å². The van der Waals surface area contributed by atoms with Crippen molar-refractivity contribution in [2.45, 2.75) is 68.2 Å². The first kappa shape index (κ1) is 19.9. The normalized spacial score (nSPS) is 30.0. The van der Waals surface area contributed by atoms with E-state index in [1.165, 1.54) is 45.6 Å². The Bertz CT molecular complexity index is 1110. The van der Waals surface area contributed by atoms with E-state index in [9.17, 15) is 0 Å². The Morgan fingerprint density at radius 1 is 0.600 bits per heavy atom. The zero-order chi connectivity index (χ0) is 21.7. The monoisotopic (exact) mass is 396 g/mol. The maximum absolute atomic E-state index is 2.56. The fraction of sp³-hybridized carbons (Fsp3) is 0.467. The first-order valence-corrected chi connectivity index (χ1v) is 11.6. The number of fused-ring (bicyclic) bond motifs is 1. The molecule has 4 aliphatic rings. The third kappa shape index (κ3) is 2.34. The molecule has 4 aliphatic carbocycles. The van der Waals surface area contributed by atoms with Crippen LogP contribution < -0.4 is 10.4 Å². The molecule has 0 aromatic heterocycles. The molecular weight excluding hydrogens is 360 g/mol. The molecular formula is C30H36. The van der Waals surface area contributed by atoms with E-state index in [2.05, 4.69) is 104 Å². The molecule has 0 spiro atoms. The van der Waals surface area contributed by atoms with E-state index < -0.39 is 0 Å². The van der Waals surface area contributed by atoms with Gasteiger partial charge in [-0.1, -0.05) is 115 Å². The highest BCUT2D eigenvalue weighted by molar-refractivity contribution is 5.86. The summed E-state index contributed by atoms with van der Waals surface area (Å²) in [5.41, 5.74) is 9.63. The number of benzene rings is 1. The van der Waals surface area contributed by atoms with E-state index in [0.717, 1.165) is 0 Å². The SMILES string of the molecule is CC(C)(C)C1=CC2=c3ccccc3=C3C=C(C(C)(C)C)C=C4CCC(=C1)[C@]2(C)[C@@]43C. The lowest BCUT2D eigenvalue weighted by Crippen LogP contribution is -2.55. The predicted molar refractivity (Wildman–Crippen MR) is 129 cm³/mol. The van der Waals surface area contributed by atoms with Gasteiger partial charge in [-0.2, -0.15) is 0 Å². The van der Waals surface area contributed by atoms with Gasteiger partial charge >= 0.3 is 0 Å². The summed E-state index contributed by atoms with van der Waals surface area (Å²) in [5, 5.41) is 2.87. The van der Waals surface area contributed by atoms with Gasteiger partial charge < -0.3 is 0 Å². The number of rotatable bonds is 0. The summed E-state index contributed by atoms with van der Waals surface area (Å²) < 4.78 is 0.